The van der Waals surface area contributed by atoms with Gasteiger partial charge in [0.05, 0.1) is 29.7 Å². The van der Waals surface area contributed by atoms with Crippen molar-refractivity contribution in [1.82, 2.24) is 9.88 Å². The van der Waals surface area contributed by atoms with Crippen LogP contribution in [-0.2, 0) is 4.74 Å². The van der Waals surface area contributed by atoms with Crippen molar-refractivity contribution in [3.63, 3.8) is 0 Å². The average molecular weight is 314 g/mol. The summed E-state index contributed by atoms with van der Waals surface area (Å²) < 4.78 is 5.95. The van der Waals surface area contributed by atoms with Gasteiger partial charge >= 0.3 is 0 Å². The number of hydrogen-bond donors (Lipinski definition) is 0. The van der Waals surface area contributed by atoms with Gasteiger partial charge in [0.1, 0.15) is 6.07 Å². The smallest absolute Gasteiger partial charge is 0.103 e. The third kappa shape index (κ3) is 4.01. The molecular formula is C18H26N4O. The molecule has 1 aliphatic heterocycles. The largest absolute Gasteiger partial charge is 0.373 e. The monoisotopic (exact) mass is 314 g/mol. The van der Waals surface area contributed by atoms with Crippen molar-refractivity contribution >= 4 is 5.69 Å². The first-order chi connectivity index (χ1) is 11.1. The summed E-state index contributed by atoms with van der Waals surface area (Å²) in [4.78, 5) is 9.10. The lowest BCUT2D eigenvalue weighted by atomic mass is 10.1. The van der Waals surface area contributed by atoms with E-state index in [1.807, 2.05) is 19.9 Å². The number of ether oxygens (including phenoxy) is 1. The summed E-state index contributed by atoms with van der Waals surface area (Å²) in [7, 11) is 2.18. The zero-order chi connectivity index (χ0) is 16.4. The van der Waals surface area contributed by atoms with Crippen LogP contribution in [0.15, 0.2) is 6.07 Å². The van der Waals surface area contributed by atoms with Gasteiger partial charge in [-0.1, -0.05) is 0 Å². The van der Waals surface area contributed by atoms with E-state index in [2.05, 4.69) is 27.9 Å². The molecule has 0 radical (unpaired) electrons. The summed E-state index contributed by atoms with van der Waals surface area (Å²) in [6.45, 7) is 8.42. The molecule has 3 rings (SSSR count). The Morgan fingerprint density at radius 2 is 2.17 bits per heavy atom. The lowest BCUT2D eigenvalue weighted by molar-refractivity contribution is 0.0199. The summed E-state index contributed by atoms with van der Waals surface area (Å²) in [5.74, 6) is 0.899. The quantitative estimate of drug-likeness (QED) is 0.833. The highest BCUT2D eigenvalue weighted by Gasteiger charge is 2.27. The van der Waals surface area contributed by atoms with E-state index in [9.17, 15) is 5.26 Å². The zero-order valence-corrected chi connectivity index (χ0v) is 14.4. The van der Waals surface area contributed by atoms with Gasteiger partial charge in [0.25, 0.3) is 0 Å². The van der Waals surface area contributed by atoms with Crippen LogP contribution >= 0.6 is 0 Å². The molecule has 5 heteroatoms. The second kappa shape index (κ2) is 6.86. The van der Waals surface area contributed by atoms with Crippen LogP contribution in [0.1, 0.15) is 29.8 Å². The predicted molar refractivity (Wildman–Crippen MR) is 90.6 cm³/mol. The molecule has 23 heavy (non-hydrogen) atoms. The van der Waals surface area contributed by atoms with E-state index >= 15 is 0 Å². The summed E-state index contributed by atoms with van der Waals surface area (Å²) >= 11 is 0. The molecule has 1 atom stereocenters. The molecule has 1 aliphatic carbocycles. The van der Waals surface area contributed by atoms with E-state index in [0.717, 1.165) is 42.6 Å². The molecule has 2 heterocycles. The molecule has 2 fully saturated rings. The zero-order valence-electron chi connectivity index (χ0n) is 14.4. The Morgan fingerprint density at radius 3 is 2.87 bits per heavy atom. The number of aryl methyl sites for hydroxylation is 2. The number of nitriles is 1. The Hall–Kier alpha value is -1.64. The average Bonchev–Trinajstić information content (AvgIpc) is 3.30. The number of likely N-dealkylation sites (N-methyl/N-ethyl adjacent to an activating group) is 1. The molecule has 1 saturated carbocycles. The Labute approximate surface area is 138 Å². The molecule has 0 amide bonds. The normalized spacial score (nSPS) is 21.5. The summed E-state index contributed by atoms with van der Waals surface area (Å²) in [5, 5.41) is 9.48. The van der Waals surface area contributed by atoms with Gasteiger partial charge in [0.15, 0.2) is 0 Å². The number of hydrogen-bond acceptors (Lipinski definition) is 5. The van der Waals surface area contributed by atoms with Gasteiger partial charge < -0.3 is 14.5 Å². The fourth-order valence-electron chi connectivity index (χ4n) is 3.41. The Morgan fingerprint density at radius 1 is 1.39 bits per heavy atom. The van der Waals surface area contributed by atoms with Gasteiger partial charge in [0.2, 0.25) is 0 Å². The fourth-order valence-corrected chi connectivity index (χ4v) is 3.41. The number of aromatic nitrogens is 1. The summed E-state index contributed by atoms with van der Waals surface area (Å²) in [6.07, 6.45) is 2.96. The third-order valence-electron chi connectivity index (χ3n) is 4.68. The standard InChI is InChI=1S/C18H26N4O/c1-13-8-18(17(9-19)14(2)20-13)22-6-7-23-16(12-22)11-21(3)10-15-4-5-15/h8,15-16H,4-7,10-12H2,1-3H3/t16-/m0/s1. The molecule has 124 valence electrons. The van der Waals surface area contributed by atoms with Gasteiger partial charge in [-0.05, 0) is 45.7 Å². The van der Waals surface area contributed by atoms with Gasteiger partial charge in [-0.3, -0.25) is 4.98 Å². The maximum Gasteiger partial charge on any atom is 0.103 e. The molecule has 0 aromatic carbocycles. The van der Waals surface area contributed by atoms with Gasteiger partial charge in [-0.15, -0.1) is 0 Å². The SMILES string of the molecule is Cc1cc(N2CCO[C@@H](CN(C)CC3CC3)C2)c(C#N)c(C)n1. The molecule has 0 bridgehead atoms. The Balaban J connectivity index is 1.69. The van der Waals surface area contributed by atoms with Crippen molar-refractivity contribution in [2.75, 3.05) is 44.7 Å². The van der Waals surface area contributed by atoms with Gasteiger partial charge in [-0.25, -0.2) is 0 Å². The number of morpholine rings is 1. The highest BCUT2D eigenvalue weighted by atomic mass is 16.5. The van der Waals surface area contributed by atoms with E-state index < -0.39 is 0 Å². The number of anilines is 1. The molecule has 2 aliphatic rings. The molecule has 0 N–H and O–H groups in total. The Kier molecular flexibility index (Phi) is 4.84. The van der Waals surface area contributed by atoms with Crippen LogP contribution in [0.2, 0.25) is 0 Å². The number of nitrogens with zero attached hydrogens (tertiary/aromatic N) is 4. The molecule has 1 saturated heterocycles. The second-order valence-electron chi connectivity index (χ2n) is 6.96. The lowest BCUT2D eigenvalue weighted by Crippen LogP contribution is -2.47. The minimum absolute atomic E-state index is 0.202. The first-order valence-corrected chi connectivity index (χ1v) is 8.50. The van der Waals surface area contributed by atoms with Crippen LogP contribution in [0.4, 0.5) is 5.69 Å². The highest BCUT2D eigenvalue weighted by Crippen LogP contribution is 2.30. The molecule has 5 nitrogen and oxygen atoms in total. The minimum Gasteiger partial charge on any atom is -0.373 e. The summed E-state index contributed by atoms with van der Waals surface area (Å²) in [6, 6.07) is 4.35. The highest BCUT2D eigenvalue weighted by molar-refractivity contribution is 5.61. The molecule has 1 aromatic heterocycles. The van der Waals surface area contributed by atoms with Gasteiger partial charge in [0, 0.05) is 31.9 Å². The minimum atomic E-state index is 0.202. The third-order valence-corrected chi connectivity index (χ3v) is 4.68. The van der Waals surface area contributed by atoms with Crippen LogP contribution in [0.25, 0.3) is 0 Å². The number of pyridine rings is 1. The van der Waals surface area contributed by atoms with Crippen molar-refractivity contribution in [1.29, 1.82) is 5.26 Å². The van der Waals surface area contributed by atoms with Crippen LogP contribution in [0.3, 0.4) is 0 Å². The van der Waals surface area contributed by atoms with E-state index in [1.165, 1.54) is 19.4 Å². The van der Waals surface area contributed by atoms with Gasteiger partial charge in [-0.2, -0.15) is 5.26 Å². The van der Waals surface area contributed by atoms with Crippen molar-refractivity contribution in [2.24, 2.45) is 5.92 Å². The van der Waals surface area contributed by atoms with Crippen LogP contribution < -0.4 is 4.90 Å². The number of rotatable bonds is 5. The molecule has 0 unspecified atom stereocenters. The summed E-state index contributed by atoms with van der Waals surface area (Å²) in [5.41, 5.74) is 3.49. The molecule has 0 spiro atoms. The molecular weight excluding hydrogens is 288 g/mol. The van der Waals surface area contributed by atoms with Crippen LogP contribution in [-0.4, -0.2) is 55.8 Å². The molecule has 1 aromatic rings. The van der Waals surface area contributed by atoms with E-state index in [1.54, 1.807) is 0 Å². The fraction of sp³-hybridized carbons (Fsp3) is 0.667. The predicted octanol–water partition coefficient (Wildman–Crippen LogP) is 2.12. The van der Waals surface area contributed by atoms with Crippen LogP contribution in [0, 0.1) is 31.1 Å². The van der Waals surface area contributed by atoms with Crippen molar-refractivity contribution in [3.05, 3.63) is 23.0 Å². The maximum absolute atomic E-state index is 9.48. The maximum atomic E-state index is 9.48. The first kappa shape index (κ1) is 16.2. The van der Waals surface area contributed by atoms with E-state index in [0.29, 0.717) is 12.2 Å². The second-order valence-corrected chi connectivity index (χ2v) is 6.96. The van der Waals surface area contributed by atoms with E-state index in [-0.39, 0.29) is 6.10 Å². The van der Waals surface area contributed by atoms with Crippen molar-refractivity contribution in [3.8, 4) is 6.07 Å². The van der Waals surface area contributed by atoms with Crippen molar-refractivity contribution < 1.29 is 4.74 Å². The van der Waals surface area contributed by atoms with Crippen molar-refractivity contribution in [2.45, 2.75) is 32.8 Å². The topological polar surface area (TPSA) is 52.4 Å². The Bertz CT molecular complexity index is 606. The van der Waals surface area contributed by atoms with E-state index in [4.69, 9.17) is 4.74 Å². The lowest BCUT2D eigenvalue weighted by Gasteiger charge is -2.36. The first-order valence-electron chi connectivity index (χ1n) is 8.50. The van der Waals surface area contributed by atoms with Crippen LogP contribution in [0.5, 0.6) is 0 Å².